The monoisotopic (exact) mass is 374 g/mol. The van der Waals surface area contributed by atoms with Gasteiger partial charge in [-0.15, -0.1) is 0 Å². The molecule has 0 spiro atoms. The van der Waals surface area contributed by atoms with Crippen LogP contribution in [-0.2, 0) is 11.2 Å². The summed E-state index contributed by atoms with van der Waals surface area (Å²) in [6.45, 7) is 0.499. The summed E-state index contributed by atoms with van der Waals surface area (Å²) in [5.41, 5.74) is 3.28. The summed E-state index contributed by atoms with van der Waals surface area (Å²) >= 11 is 0. The molecule has 0 aliphatic carbocycles. The second kappa shape index (κ2) is 7.68. The molecule has 0 unspecified atom stereocenters. The first-order chi connectivity index (χ1) is 13.7. The van der Waals surface area contributed by atoms with E-state index in [1.54, 1.807) is 30.5 Å². The van der Waals surface area contributed by atoms with E-state index in [9.17, 15) is 9.59 Å². The van der Waals surface area contributed by atoms with Crippen molar-refractivity contribution in [3.63, 3.8) is 0 Å². The number of carbonyl (C=O) groups excluding carboxylic acids is 2. The first-order valence-corrected chi connectivity index (χ1v) is 9.33. The van der Waals surface area contributed by atoms with Crippen LogP contribution < -0.4 is 5.32 Å². The Labute approximate surface area is 163 Å². The van der Waals surface area contributed by atoms with Gasteiger partial charge in [0, 0.05) is 37.5 Å². The number of nitrogens with zero attached hydrogens (tertiary/aromatic N) is 2. The Balaban J connectivity index is 1.66. The number of fused-ring (bicyclic) bond motifs is 1. The van der Waals surface area contributed by atoms with Gasteiger partial charge in [0.15, 0.2) is 0 Å². The number of benzene rings is 2. The van der Waals surface area contributed by atoms with Crippen LogP contribution in [0.1, 0.15) is 39.1 Å². The van der Waals surface area contributed by atoms with Crippen LogP contribution in [0.3, 0.4) is 0 Å². The van der Waals surface area contributed by atoms with E-state index >= 15 is 0 Å². The molecule has 0 radical (unpaired) electrons. The van der Waals surface area contributed by atoms with Crippen LogP contribution >= 0.6 is 0 Å². The largest absolute Gasteiger partial charge is 0.355 e. The van der Waals surface area contributed by atoms with Gasteiger partial charge in [0.2, 0.25) is 5.91 Å². The zero-order valence-electron chi connectivity index (χ0n) is 15.6. The van der Waals surface area contributed by atoms with Gasteiger partial charge in [-0.3, -0.25) is 9.59 Å². The number of imidazole rings is 1. The van der Waals surface area contributed by atoms with E-state index in [1.807, 2.05) is 48.5 Å². The lowest BCUT2D eigenvalue weighted by Crippen LogP contribution is -2.45. The van der Waals surface area contributed by atoms with Crippen LogP contribution in [-0.4, -0.2) is 40.3 Å². The normalized spacial score (nSPS) is 18.6. The van der Waals surface area contributed by atoms with Gasteiger partial charge >= 0.3 is 0 Å². The molecule has 2 N–H and O–H groups in total. The molecule has 1 aliphatic rings. The number of likely N-dealkylation sites (N-methyl/N-ethyl adjacent to an activating group) is 1. The number of aromatic amines is 1. The summed E-state index contributed by atoms with van der Waals surface area (Å²) in [7, 11) is 1.76. The zero-order valence-corrected chi connectivity index (χ0v) is 15.6. The molecule has 2 heterocycles. The number of H-pyrrole nitrogens is 1. The first-order valence-electron chi connectivity index (χ1n) is 9.33. The molecule has 28 heavy (non-hydrogen) atoms. The fraction of sp³-hybridized carbons (Fsp3) is 0.227. The maximum Gasteiger partial charge on any atom is 0.254 e. The van der Waals surface area contributed by atoms with Crippen molar-refractivity contribution in [2.45, 2.75) is 18.4 Å². The minimum absolute atomic E-state index is 0.0639. The molecule has 3 aromatic rings. The van der Waals surface area contributed by atoms with Gasteiger partial charge in [-0.1, -0.05) is 48.5 Å². The summed E-state index contributed by atoms with van der Waals surface area (Å²) in [5.74, 6) is -0.616. The molecule has 2 atom stereocenters. The predicted octanol–water partition coefficient (Wildman–Crippen LogP) is 2.68. The van der Waals surface area contributed by atoms with Crippen LogP contribution in [0, 0.1) is 0 Å². The minimum atomic E-state index is -0.469. The Hall–Kier alpha value is -3.41. The summed E-state index contributed by atoms with van der Waals surface area (Å²) < 4.78 is 0. The lowest BCUT2D eigenvalue weighted by atomic mass is 9.79. The van der Waals surface area contributed by atoms with Crippen LogP contribution in [0.25, 0.3) is 0 Å². The summed E-state index contributed by atoms with van der Waals surface area (Å²) in [6, 6.07) is 16.8. The second-order valence-corrected chi connectivity index (χ2v) is 6.95. The summed E-state index contributed by atoms with van der Waals surface area (Å²) in [6.07, 6.45) is 4.05. The van der Waals surface area contributed by atoms with Crippen molar-refractivity contribution < 1.29 is 9.59 Å². The van der Waals surface area contributed by atoms with Crippen LogP contribution in [0.15, 0.2) is 67.1 Å². The third kappa shape index (κ3) is 3.29. The number of hydrogen-bond donors (Lipinski definition) is 2. The van der Waals surface area contributed by atoms with E-state index in [-0.39, 0.29) is 17.9 Å². The molecule has 142 valence electrons. The molecule has 0 fully saturated rings. The minimum Gasteiger partial charge on any atom is -0.355 e. The lowest BCUT2D eigenvalue weighted by Gasteiger charge is -2.39. The Morgan fingerprint density at radius 2 is 1.89 bits per heavy atom. The van der Waals surface area contributed by atoms with E-state index in [4.69, 9.17) is 0 Å². The number of rotatable bonds is 5. The number of amides is 2. The molecular weight excluding hydrogens is 352 g/mol. The van der Waals surface area contributed by atoms with E-state index in [0.717, 1.165) is 16.8 Å². The van der Waals surface area contributed by atoms with E-state index < -0.39 is 5.92 Å². The molecule has 1 aliphatic heterocycles. The highest BCUT2D eigenvalue weighted by atomic mass is 16.2. The molecule has 0 bridgehead atoms. The standard InChI is InChI=1S/C22H22N4O2/c1-26-20(15-7-3-2-4-8-15)19(17-9-5-6-10-18(17)22(26)28)21(27)24-12-11-16-13-23-14-25-16/h2-10,13-14,19-20H,11-12H2,1H3,(H,23,25)(H,24,27)/t19-,20-/m1/s1. The Morgan fingerprint density at radius 3 is 2.64 bits per heavy atom. The second-order valence-electron chi connectivity index (χ2n) is 6.95. The highest BCUT2D eigenvalue weighted by Crippen LogP contribution is 2.41. The van der Waals surface area contributed by atoms with Crippen molar-refractivity contribution in [3.8, 4) is 0 Å². The highest BCUT2D eigenvalue weighted by molar-refractivity contribution is 6.01. The van der Waals surface area contributed by atoms with E-state index in [0.29, 0.717) is 18.5 Å². The molecule has 6 heteroatoms. The van der Waals surface area contributed by atoms with Crippen LogP contribution in [0.5, 0.6) is 0 Å². The van der Waals surface area contributed by atoms with Crippen molar-refractivity contribution in [2.24, 2.45) is 0 Å². The predicted molar refractivity (Wildman–Crippen MR) is 106 cm³/mol. The molecule has 6 nitrogen and oxygen atoms in total. The van der Waals surface area contributed by atoms with Crippen molar-refractivity contribution in [1.82, 2.24) is 20.2 Å². The molecular formula is C22H22N4O2. The molecule has 2 aromatic carbocycles. The number of aromatic nitrogens is 2. The Kier molecular flexibility index (Phi) is 4.93. The Bertz CT molecular complexity index is 969. The zero-order chi connectivity index (χ0) is 19.5. The quantitative estimate of drug-likeness (QED) is 0.721. The van der Waals surface area contributed by atoms with Gasteiger partial charge < -0.3 is 15.2 Å². The van der Waals surface area contributed by atoms with Crippen molar-refractivity contribution in [3.05, 3.63) is 89.5 Å². The third-order valence-corrected chi connectivity index (χ3v) is 5.25. The van der Waals surface area contributed by atoms with E-state index in [2.05, 4.69) is 15.3 Å². The van der Waals surface area contributed by atoms with Crippen LogP contribution in [0.4, 0.5) is 0 Å². The van der Waals surface area contributed by atoms with Gasteiger partial charge in [0.05, 0.1) is 18.3 Å². The van der Waals surface area contributed by atoms with Crippen molar-refractivity contribution in [2.75, 3.05) is 13.6 Å². The smallest absolute Gasteiger partial charge is 0.254 e. The first kappa shape index (κ1) is 18.0. The highest BCUT2D eigenvalue weighted by Gasteiger charge is 2.42. The molecule has 2 amide bonds. The third-order valence-electron chi connectivity index (χ3n) is 5.25. The molecule has 0 saturated heterocycles. The average Bonchev–Trinajstić information content (AvgIpc) is 3.24. The van der Waals surface area contributed by atoms with Gasteiger partial charge in [0.25, 0.3) is 5.91 Å². The number of hydrogen-bond acceptors (Lipinski definition) is 3. The van der Waals surface area contributed by atoms with Gasteiger partial charge in [-0.05, 0) is 17.2 Å². The molecule has 0 saturated carbocycles. The maximum atomic E-state index is 13.3. The molecule has 4 rings (SSSR count). The van der Waals surface area contributed by atoms with Gasteiger partial charge in [0.1, 0.15) is 0 Å². The summed E-state index contributed by atoms with van der Waals surface area (Å²) in [5, 5.41) is 3.04. The number of nitrogens with one attached hydrogen (secondary N) is 2. The fourth-order valence-corrected chi connectivity index (χ4v) is 3.88. The molecule has 1 aromatic heterocycles. The fourth-order valence-electron chi connectivity index (χ4n) is 3.88. The van der Waals surface area contributed by atoms with Crippen molar-refractivity contribution in [1.29, 1.82) is 0 Å². The lowest BCUT2D eigenvalue weighted by molar-refractivity contribution is -0.124. The topological polar surface area (TPSA) is 78.1 Å². The van der Waals surface area contributed by atoms with Crippen molar-refractivity contribution >= 4 is 11.8 Å². The van der Waals surface area contributed by atoms with Crippen LogP contribution in [0.2, 0.25) is 0 Å². The van der Waals surface area contributed by atoms with Gasteiger partial charge in [-0.25, -0.2) is 4.98 Å². The van der Waals surface area contributed by atoms with E-state index in [1.165, 1.54) is 0 Å². The number of carbonyl (C=O) groups is 2. The average molecular weight is 374 g/mol. The maximum absolute atomic E-state index is 13.3. The van der Waals surface area contributed by atoms with Gasteiger partial charge in [-0.2, -0.15) is 0 Å². The Morgan fingerprint density at radius 1 is 1.14 bits per heavy atom. The summed E-state index contributed by atoms with van der Waals surface area (Å²) in [4.78, 5) is 34.9. The SMILES string of the molecule is CN1C(=O)c2ccccc2[C@@H](C(=O)NCCc2cnc[nH]2)[C@H]1c1ccccc1.